The Balaban J connectivity index is 2.12. The molecule has 0 amide bonds. The topological polar surface area (TPSA) is 158 Å². The lowest BCUT2D eigenvalue weighted by Gasteiger charge is -2.47. The summed E-state index contributed by atoms with van der Waals surface area (Å²) in [6, 6.07) is 8.23. The lowest BCUT2D eigenvalue weighted by molar-refractivity contribution is -0.294. The van der Waals surface area contributed by atoms with Gasteiger partial charge in [0.2, 0.25) is 0 Å². The highest BCUT2D eigenvalue weighted by Gasteiger charge is 2.52. The van der Waals surface area contributed by atoms with Crippen LogP contribution in [0.2, 0.25) is 0 Å². The summed E-state index contributed by atoms with van der Waals surface area (Å²) in [4.78, 5) is 56.7. The van der Waals surface area contributed by atoms with Crippen LogP contribution in [-0.2, 0) is 38.1 Å². The maximum atomic E-state index is 14.1. The van der Waals surface area contributed by atoms with E-state index in [1.165, 1.54) is 27.9 Å². The van der Waals surface area contributed by atoms with Gasteiger partial charge < -0.3 is 38.8 Å². The maximum absolute atomic E-state index is 14.1. The molecule has 2 N–H and O–H groups in total. The van der Waals surface area contributed by atoms with Crippen molar-refractivity contribution in [1.82, 2.24) is 4.90 Å². The van der Waals surface area contributed by atoms with Crippen molar-refractivity contribution in [1.29, 1.82) is 0 Å². The van der Waals surface area contributed by atoms with E-state index in [1.807, 2.05) is 25.9 Å². The van der Waals surface area contributed by atoms with Crippen LogP contribution < -0.4 is 0 Å². The van der Waals surface area contributed by atoms with E-state index < -0.39 is 83.3 Å². The molecule has 0 spiro atoms. The second kappa shape index (κ2) is 16.5. The van der Waals surface area contributed by atoms with Crippen LogP contribution in [0.3, 0.4) is 0 Å². The average Bonchev–Trinajstić information content (AvgIpc) is 3.07. The Labute approximate surface area is 290 Å². The van der Waals surface area contributed by atoms with Gasteiger partial charge in [0.15, 0.2) is 18.2 Å². The van der Waals surface area contributed by atoms with E-state index >= 15 is 0 Å². The van der Waals surface area contributed by atoms with Gasteiger partial charge in [-0.2, -0.15) is 0 Å². The van der Waals surface area contributed by atoms with Gasteiger partial charge in [0.05, 0.1) is 35.5 Å². The van der Waals surface area contributed by atoms with Crippen molar-refractivity contribution >= 4 is 23.5 Å². The molecule has 0 bridgehead atoms. The highest BCUT2D eigenvalue weighted by molar-refractivity contribution is 6.00. The summed E-state index contributed by atoms with van der Waals surface area (Å²) in [5, 5.41) is 22.6. The smallest absolute Gasteiger partial charge is 0.338 e. The van der Waals surface area contributed by atoms with E-state index in [-0.39, 0.29) is 30.8 Å². The number of Topliss-reactive ketones (excluding diaryl/α,β-unsaturated/α-hetero) is 2. The summed E-state index contributed by atoms with van der Waals surface area (Å²) < 4.78 is 30.9. The van der Waals surface area contributed by atoms with Crippen LogP contribution in [-0.4, -0.2) is 114 Å². The zero-order valence-electron chi connectivity index (χ0n) is 30.9. The molecule has 0 aromatic heterocycles. The molecule has 3 rings (SSSR count). The van der Waals surface area contributed by atoms with Crippen LogP contribution in [0.25, 0.3) is 0 Å². The first-order chi connectivity index (χ1) is 22.8. The Morgan fingerprint density at radius 1 is 1.00 bits per heavy atom. The first-order valence-electron chi connectivity index (χ1n) is 17.3. The average molecular weight is 692 g/mol. The van der Waals surface area contributed by atoms with Crippen LogP contribution in [0.5, 0.6) is 0 Å². The minimum atomic E-state index is -1.97. The molecule has 13 atom stereocenters. The second-order valence-corrected chi connectivity index (χ2v) is 14.6. The Bertz CT molecular complexity index is 1300. The SMILES string of the molecule is CC[C@H]1OC(=O)[C@H](C)C(=O)[C@H](C)[C@@H](O[C@@H]2O[C@H](C)C[C@H](N(C)C)[C@H]2OC(=O)c2ccccc2)[C@](C)(OC)C[C@@H](C)C(=O)[C@H](C)[C@@H](O)[C@]1(C)O. The van der Waals surface area contributed by atoms with E-state index in [4.69, 9.17) is 23.7 Å². The van der Waals surface area contributed by atoms with Gasteiger partial charge in [0, 0.05) is 24.9 Å². The number of aliphatic hydroxyl groups is 2. The third kappa shape index (κ3) is 8.95. The number of likely N-dealkylation sites (N-methyl/N-ethyl adjacent to an activating group) is 1. The minimum absolute atomic E-state index is 0.0493. The fraction of sp³-hybridized carbons (Fsp3) is 0.730. The van der Waals surface area contributed by atoms with Gasteiger partial charge in [-0.3, -0.25) is 14.4 Å². The Kier molecular flexibility index (Phi) is 13.7. The lowest BCUT2D eigenvalue weighted by atomic mass is 9.74. The lowest BCUT2D eigenvalue weighted by Crippen LogP contribution is -2.60. The quantitative estimate of drug-likeness (QED) is 0.317. The normalized spacial score (nSPS) is 40.0. The summed E-state index contributed by atoms with van der Waals surface area (Å²) >= 11 is 0. The van der Waals surface area contributed by atoms with E-state index in [9.17, 15) is 29.4 Å². The summed E-state index contributed by atoms with van der Waals surface area (Å²) in [6.07, 6.45) is -5.59. The molecule has 2 aliphatic rings. The van der Waals surface area contributed by atoms with Crippen molar-refractivity contribution in [2.24, 2.45) is 23.7 Å². The van der Waals surface area contributed by atoms with Crippen LogP contribution in [0.15, 0.2) is 30.3 Å². The highest BCUT2D eigenvalue weighted by atomic mass is 16.7. The summed E-state index contributed by atoms with van der Waals surface area (Å²) in [5.41, 5.74) is -2.96. The first kappa shape index (κ1) is 40.7. The minimum Gasteiger partial charge on any atom is -0.459 e. The van der Waals surface area contributed by atoms with Gasteiger partial charge in [0.25, 0.3) is 0 Å². The van der Waals surface area contributed by atoms with Crippen molar-refractivity contribution < 1.29 is 53.1 Å². The molecule has 0 radical (unpaired) electrons. The molecule has 49 heavy (non-hydrogen) atoms. The maximum Gasteiger partial charge on any atom is 0.338 e. The zero-order chi connectivity index (χ0) is 37.0. The number of esters is 2. The van der Waals surface area contributed by atoms with Crippen molar-refractivity contribution in [3.05, 3.63) is 35.9 Å². The Morgan fingerprint density at radius 2 is 1.61 bits per heavy atom. The fourth-order valence-corrected chi connectivity index (χ4v) is 7.31. The molecule has 276 valence electrons. The number of cyclic esters (lactones) is 1. The number of hydrogen-bond donors (Lipinski definition) is 2. The molecular weight excluding hydrogens is 634 g/mol. The number of nitrogens with zero attached hydrogens (tertiary/aromatic N) is 1. The Hall–Kier alpha value is -2.74. The van der Waals surface area contributed by atoms with E-state index in [0.29, 0.717) is 12.0 Å². The molecular formula is C37H57NO11. The number of aliphatic hydroxyl groups excluding tert-OH is 1. The largest absolute Gasteiger partial charge is 0.459 e. The molecule has 2 saturated heterocycles. The molecule has 0 aliphatic carbocycles. The van der Waals surface area contributed by atoms with Gasteiger partial charge in [-0.15, -0.1) is 0 Å². The second-order valence-electron chi connectivity index (χ2n) is 14.6. The molecule has 12 heteroatoms. The van der Waals surface area contributed by atoms with Crippen molar-refractivity contribution in [3.8, 4) is 0 Å². The van der Waals surface area contributed by atoms with Gasteiger partial charge in [-0.1, -0.05) is 45.9 Å². The van der Waals surface area contributed by atoms with E-state index in [1.54, 1.807) is 58.0 Å². The van der Waals surface area contributed by atoms with Gasteiger partial charge in [-0.05, 0) is 73.2 Å². The number of carbonyl (C=O) groups excluding carboxylic acids is 4. The fourth-order valence-electron chi connectivity index (χ4n) is 7.31. The molecule has 2 heterocycles. The Morgan fingerprint density at radius 3 is 2.16 bits per heavy atom. The standard InChI is InChI=1S/C37H57NO11/c1-12-27-37(8,44)31(41)22(4)28(39)20(2)19-36(7,45-11)32(23(5)29(40)24(6)33(42)47-27)49-35-30(26(38(9)10)18-21(3)46-35)48-34(43)25-16-14-13-15-17-25/h13-17,20-24,26-27,30-32,35,41,44H,12,18-19H2,1-11H3/t20-,21-,22+,23+,24-,26+,27-,30-,31-,32-,35+,36-,37-/m1/s1. The van der Waals surface area contributed by atoms with Gasteiger partial charge in [-0.25, -0.2) is 4.79 Å². The monoisotopic (exact) mass is 691 g/mol. The number of carbonyl (C=O) groups is 4. The van der Waals surface area contributed by atoms with Crippen molar-refractivity contribution in [3.63, 3.8) is 0 Å². The predicted molar refractivity (Wildman–Crippen MR) is 180 cm³/mol. The molecule has 0 unspecified atom stereocenters. The number of methoxy groups -OCH3 is 1. The van der Waals surface area contributed by atoms with Gasteiger partial charge in [0.1, 0.15) is 23.4 Å². The summed E-state index contributed by atoms with van der Waals surface area (Å²) in [5.74, 6) is -6.39. The number of ether oxygens (including phenoxy) is 5. The molecule has 12 nitrogen and oxygen atoms in total. The van der Waals surface area contributed by atoms with E-state index in [2.05, 4.69) is 0 Å². The number of hydrogen-bond acceptors (Lipinski definition) is 12. The highest BCUT2D eigenvalue weighted by Crippen LogP contribution is 2.39. The summed E-state index contributed by atoms with van der Waals surface area (Å²) in [7, 11) is 5.18. The van der Waals surface area contributed by atoms with Crippen LogP contribution in [0.1, 0.15) is 85.0 Å². The first-order valence-corrected chi connectivity index (χ1v) is 17.3. The third-order valence-electron chi connectivity index (χ3n) is 10.5. The molecule has 2 aliphatic heterocycles. The summed E-state index contributed by atoms with van der Waals surface area (Å²) in [6.45, 7) is 12.8. The van der Waals surface area contributed by atoms with Crippen LogP contribution in [0, 0.1) is 23.7 Å². The van der Waals surface area contributed by atoms with Crippen molar-refractivity contribution in [2.45, 2.75) is 129 Å². The molecule has 2 fully saturated rings. The van der Waals surface area contributed by atoms with Gasteiger partial charge >= 0.3 is 11.9 Å². The van der Waals surface area contributed by atoms with Crippen LogP contribution in [0.4, 0.5) is 0 Å². The molecule has 0 saturated carbocycles. The van der Waals surface area contributed by atoms with E-state index in [0.717, 1.165) is 0 Å². The number of ketones is 2. The number of rotatable bonds is 7. The molecule has 1 aromatic rings. The zero-order valence-corrected chi connectivity index (χ0v) is 30.9. The van der Waals surface area contributed by atoms with Crippen molar-refractivity contribution in [2.75, 3.05) is 21.2 Å². The van der Waals surface area contributed by atoms with Crippen LogP contribution >= 0.6 is 0 Å². The molecule has 1 aromatic carbocycles. The number of benzene rings is 1. The predicted octanol–water partition coefficient (Wildman–Crippen LogP) is 3.59. The third-order valence-corrected chi connectivity index (χ3v) is 10.5.